The van der Waals surface area contributed by atoms with Crippen molar-refractivity contribution in [1.29, 1.82) is 0 Å². The molecule has 1 aliphatic heterocycles. The highest BCUT2D eigenvalue weighted by Gasteiger charge is 2.53. The summed E-state index contributed by atoms with van der Waals surface area (Å²) in [6.45, 7) is 6.63. The third-order valence-corrected chi connectivity index (χ3v) is 2.12. The molecule has 1 heterocycles. The summed E-state index contributed by atoms with van der Waals surface area (Å²) in [6.07, 6.45) is -0.426. The van der Waals surface area contributed by atoms with Crippen LogP contribution in [-0.4, -0.2) is 28.6 Å². The minimum atomic E-state index is -1.22. The van der Waals surface area contributed by atoms with E-state index in [-0.39, 0.29) is 0 Å². The quantitative estimate of drug-likeness (QED) is 0.644. The molecule has 1 rings (SSSR count). The van der Waals surface area contributed by atoms with E-state index < -0.39 is 23.5 Å². The predicted octanol–water partition coefficient (Wildman–Crippen LogP) is 1.00. The zero-order valence-electron chi connectivity index (χ0n) is 7.75. The largest absolute Gasteiger partial charge is 0.479 e. The van der Waals surface area contributed by atoms with Crippen LogP contribution in [0.5, 0.6) is 0 Å². The molecule has 1 fully saturated rings. The van der Waals surface area contributed by atoms with Gasteiger partial charge in [-0.1, -0.05) is 0 Å². The molecule has 0 aromatic heterocycles. The Balaban J connectivity index is 2.89. The number of aliphatic carboxylic acids is 1. The lowest BCUT2D eigenvalue weighted by atomic mass is 10.0. The summed E-state index contributed by atoms with van der Waals surface area (Å²) in [5.74, 6) is -1.78. The lowest BCUT2D eigenvalue weighted by Crippen LogP contribution is -2.43. The molecule has 1 aliphatic rings. The fraction of sp³-hybridized carbons (Fsp3) is 0.875. The van der Waals surface area contributed by atoms with Crippen LogP contribution >= 0.6 is 0 Å². The SMILES string of the molecule is CC1OC(C)(C)OC1(C)C(=O)O. The molecule has 1 saturated heterocycles. The van der Waals surface area contributed by atoms with Gasteiger partial charge in [0.15, 0.2) is 11.4 Å². The number of carboxylic acid groups (broad SMARTS) is 1. The average molecular weight is 174 g/mol. The van der Waals surface area contributed by atoms with E-state index >= 15 is 0 Å². The van der Waals surface area contributed by atoms with Gasteiger partial charge in [0, 0.05) is 0 Å². The Morgan fingerprint density at radius 1 is 1.42 bits per heavy atom. The second-order valence-electron chi connectivity index (χ2n) is 3.67. The smallest absolute Gasteiger partial charge is 0.338 e. The molecule has 0 saturated carbocycles. The monoisotopic (exact) mass is 174 g/mol. The number of carbonyl (C=O) groups is 1. The Hall–Kier alpha value is -0.610. The standard InChI is InChI=1S/C8H14O4/c1-5-8(4,6(9)10)12-7(2,3)11-5/h5H,1-4H3,(H,9,10). The van der Waals surface area contributed by atoms with Crippen molar-refractivity contribution in [3.8, 4) is 0 Å². The first kappa shape index (κ1) is 9.48. The molecule has 0 radical (unpaired) electrons. The van der Waals surface area contributed by atoms with E-state index in [4.69, 9.17) is 14.6 Å². The second-order valence-corrected chi connectivity index (χ2v) is 3.67. The summed E-state index contributed by atoms with van der Waals surface area (Å²) in [5.41, 5.74) is -1.22. The fourth-order valence-electron chi connectivity index (χ4n) is 1.37. The van der Waals surface area contributed by atoms with Crippen molar-refractivity contribution in [3.05, 3.63) is 0 Å². The highest BCUT2D eigenvalue weighted by molar-refractivity contribution is 5.78. The summed E-state index contributed by atoms with van der Waals surface area (Å²) >= 11 is 0. The highest BCUT2D eigenvalue weighted by atomic mass is 16.8. The second kappa shape index (κ2) is 2.44. The highest BCUT2D eigenvalue weighted by Crippen LogP contribution is 2.35. The van der Waals surface area contributed by atoms with Crippen LogP contribution in [0.1, 0.15) is 27.7 Å². The Labute approximate surface area is 71.5 Å². The lowest BCUT2D eigenvalue weighted by Gasteiger charge is -2.21. The number of ether oxygens (including phenoxy) is 2. The van der Waals surface area contributed by atoms with Gasteiger partial charge in [0.25, 0.3) is 0 Å². The first-order valence-electron chi connectivity index (χ1n) is 3.89. The van der Waals surface area contributed by atoms with Gasteiger partial charge in [-0.05, 0) is 27.7 Å². The molecule has 4 nitrogen and oxygen atoms in total. The lowest BCUT2D eigenvalue weighted by molar-refractivity contribution is -0.182. The van der Waals surface area contributed by atoms with Crippen molar-refractivity contribution >= 4 is 5.97 Å². The third-order valence-electron chi connectivity index (χ3n) is 2.12. The van der Waals surface area contributed by atoms with Gasteiger partial charge in [-0.2, -0.15) is 0 Å². The van der Waals surface area contributed by atoms with E-state index in [1.807, 2.05) is 0 Å². The molecule has 0 aromatic rings. The number of hydrogen-bond acceptors (Lipinski definition) is 3. The molecule has 0 spiro atoms. The topological polar surface area (TPSA) is 55.8 Å². The van der Waals surface area contributed by atoms with Gasteiger partial charge in [0.1, 0.15) is 0 Å². The maximum Gasteiger partial charge on any atom is 0.338 e. The molecule has 0 bridgehead atoms. The minimum absolute atomic E-state index is 0.426. The zero-order valence-corrected chi connectivity index (χ0v) is 7.75. The van der Waals surface area contributed by atoms with Gasteiger partial charge in [-0.15, -0.1) is 0 Å². The van der Waals surface area contributed by atoms with Crippen LogP contribution in [-0.2, 0) is 14.3 Å². The van der Waals surface area contributed by atoms with E-state index in [1.54, 1.807) is 20.8 Å². The van der Waals surface area contributed by atoms with E-state index in [9.17, 15) is 4.79 Å². The van der Waals surface area contributed by atoms with Crippen LogP contribution in [0.3, 0.4) is 0 Å². The average Bonchev–Trinajstić information content (AvgIpc) is 2.03. The third kappa shape index (κ3) is 1.32. The molecule has 2 atom stereocenters. The number of carboxylic acids is 1. The van der Waals surface area contributed by atoms with Crippen molar-refractivity contribution < 1.29 is 19.4 Å². The Bertz CT molecular complexity index is 211. The molecular weight excluding hydrogens is 160 g/mol. The van der Waals surface area contributed by atoms with E-state index in [1.165, 1.54) is 6.92 Å². The molecule has 0 amide bonds. The molecule has 0 aromatic carbocycles. The van der Waals surface area contributed by atoms with Crippen LogP contribution in [0.25, 0.3) is 0 Å². The zero-order chi connectivity index (χ0) is 9.57. The van der Waals surface area contributed by atoms with Gasteiger partial charge in [0.2, 0.25) is 0 Å². The molecule has 12 heavy (non-hydrogen) atoms. The Morgan fingerprint density at radius 3 is 2.08 bits per heavy atom. The van der Waals surface area contributed by atoms with Crippen LogP contribution in [0.15, 0.2) is 0 Å². The predicted molar refractivity (Wildman–Crippen MR) is 41.8 cm³/mol. The molecule has 1 N–H and O–H groups in total. The van der Waals surface area contributed by atoms with Crippen LogP contribution in [0.4, 0.5) is 0 Å². The fourth-order valence-corrected chi connectivity index (χ4v) is 1.37. The Kier molecular flexibility index (Phi) is 1.92. The summed E-state index contributed by atoms with van der Waals surface area (Å²) in [6, 6.07) is 0. The van der Waals surface area contributed by atoms with Gasteiger partial charge in [-0.3, -0.25) is 0 Å². The van der Waals surface area contributed by atoms with Crippen LogP contribution in [0, 0.1) is 0 Å². The van der Waals surface area contributed by atoms with E-state index in [0.29, 0.717) is 0 Å². The first-order valence-corrected chi connectivity index (χ1v) is 3.89. The van der Waals surface area contributed by atoms with E-state index in [2.05, 4.69) is 0 Å². The van der Waals surface area contributed by atoms with Gasteiger partial charge in [0.05, 0.1) is 6.10 Å². The first-order chi connectivity index (χ1) is 5.28. The van der Waals surface area contributed by atoms with Gasteiger partial charge in [-0.25, -0.2) is 4.79 Å². The molecule has 0 aliphatic carbocycles. The van der Waals surface area contributed by atoms with Crippen molar-refractivity contribution in [3.63, 3.8) is 0 Å². The molecule has 70 valence electrons. The molecular formula is C8H14O4. The number of rotatable bonds is 1. The summed E-state index contributed by atoms with van der Waals surface area (Å²) in [5, 5.41) is 8.87. The van der Waals surface area contributed by atoms with E-state index in [0.717, 1.165) is 0 Å². The maximum absolute atomic E-state index is 10.8. The maximum atomic E-state index is 10.8. The summed E-state index contributed by atoms with van der Waals surface area (Å²) < 4.78 is 10.6. The van der Waals surface area contributed by atoms with Crippen molar-refractivity contribution in [2.75, 3.05) is 0 Å². The molecule has 2 unspecified atom stereocenters. The van der Waals surface area contributed by atoms with Gasteiger partial charge >= 0.3 is 5.97 Å². The number of hydrogen-bond donors (Lipinski definition) is 1. The summed E-state index contributed by atoms with van der Waals surface area (Å²) in [4.78, 5) is 10.8. The van der Waals surface area contributed by atoms with Gasteiger partial charge < -0.3 is 14.6 Å². The van der Waals surface area contributed by atoms with Crippen molar-refractivity contribution in [1.82, 2.24) is 0 Å². The summed E-state index contributed by atoms with van der Waals surface area (Å²) in [7, 11) is 0. The normalized spacial score (nSPS) is 39.8. The minimum Gasteiger partial charge on any atom is -0.479 e. The van der Waals surface area contributed by atoms with Crippen molar-refractivity contribution in [2.24, 2.45) is 0 Å². The van der Waals surface area contributed by atoms with Crippen LogP contribution < -0.4 is 0 Å². The van der Waals surface area contributed by atoms with Crippen molar-refractivity contribution in [2.45, 2.75) is 45.2 Å². The Morgan fingerprint density at radius 2 is 1.92 bits per heavy atom. The molecule has 4 heteroatoms. The van der Waals surface area contributed by atoms with Crippen LogP contribution in [0.2, 0.25) is 0 Å².